The molecule has 26 heavy (non-hydrogen) atoms. The standard InChI is InChI=1S/C24H33NO/c1-6-12-20(13-7-2)21-17-25-22(16-23(21)26-10-5)24-18(8-3)14-11-15-19(24)9-4/h11-12,14-17H,6-10,13H2,1-5H3/b20-12-. The fourth-order valence-corrected chi connectivity index (χ4v) is 3.52. The maximum Gasteiger partial charge on any atom is 0.130 e. The van der Waals surface area contributed by atoms with Crippen LogP contribution < -0.4 is 4.74 Å². The highest BCUT2D eigenvalue weighted by atomic mass is 16.5. The first-order chi connectivity index (χ1) is 12.7. The summed E-state index contributed by atoms with van der Waals surface area (Å²) in [5.74, 6) is 0.957. The van der Waals surface area contributed by atoms with Crippen molar-refractivity contribution < 1.29 is 4.74 Å². The van der Waals surface area contributed by atoms with Gasteiger partial charge in [-0.05, 0) is 49.3 Å². The second-order valence-corrected chi connectivity index (χ2v) is 6.54. The molecule has 1 aromatic carbocycles. The molecule has 2 rings (SSSR count). The number of aromatic nitrogens is 1. The lowest BCUT2D eigenvalue weighted by Gasteiger charge is -2.17. The summed E-state index contributed by atoms with van der Waals surface area (Å²) in [6.45, 7) is 11.5. The maximum atomic E-state index is 6.04. The molecule has 0 bridgehead atoms. The average Bonchev–Trinajstić information content (AvgIpc) is 2.67. The average molecular weight is 352 g/mol. The molecule has 0 amide bonds. The molecule has 140 valence electrons. The minimum Gasteiger partial charge on any atom is -0.493 e. The van der Waals surface area contributed by atoms with Gasteiger partial charge in [-0.15, -0.1) is 0 Å². The lowest BCUT2D eigenvalue weighted by molar-refractivity contribution is 0.339. The van der Waals surface area contributed by atoms with Gasteiger partial charge in [0.25, 0.3) is 0 Å². The van der Waals surface area contributed by atoms with E-state index in [2.05, 4.69) is 58.0 Å². The Labute approximate surface area is 159 Å². The van der Waals surface area contributed by atoms with Gasteiger partial charge in [0.15, 0.2) is 0 Å². The Kier molecular flexibility index (Phi) is 7.90. The Balaban J connectivity index is 2.61. The third-order valence-electron chi connectivity index (χ3n) is 4.74. The Morgan fingerprint density at radius 3 is 2.27 bits per heavy atom. The zero-order valence-electron chi connectivity index (χ0n) is 17.1. The van der Waals surface area contributed by atoms with Crippen LogP contribution in [0.5, 0.6) is 5.75 Å². The molecule has 1 heterocycles. The Bertz CT molecular complexity index is 724. The maximum absolute atomic E-state index is 6.04. The van der Waals surface area contributed by atoms with E-state index in [9.17, 15) is 0 Å². The van der Waals surface area contributed by atoms with E-state index in [0.717, 1.165) is 49.1 Å². The molecule has 2 aromatic rings. The number of benzene rings is 1. The van der Waals surface area contributed by atoms with E-state index in [1.165, 1.54) is 22.3 Å². The van der Waals surface area contributed by atoms with Crippen LogP contribution >= 0.6 is 0 Å². The molecule has 0 radical (unpaired) electrons. The van der Waals surface area contributed by atoms with Crippen LogP contribution in [0.2, 0.25) is 0 Å². The Morgan fingerprint density at radius 1 is 1.04 bits per heavy atom. The second kappa shape index (κ2) is 10.2. The number of pyridine rings is 1. The summed E-state index contributed by atoms with van der Waals surface area (Å²) in [7, 11) is 0. The van der Waals surface area contributed by atoms with Crippen LogP contribution in [0.15, 0.2) is 36.5 Å². The monoisotopic (exact) mass is 351 g/mol. The Hall–Kier alpha value is -2.09. The zero-order valence-corrected chi connectivity index (χ0v) is 17.1. The lowest BCUT2D eigenvalue weighted by Crippen LogP contribution is -2.01. The molecule has 0 aliphatic heterocycles. The van der Waals surface area contributed by atoms with E-state index in [4.69, 9.17) is 9.72 Å². The smallest absolute Gasteiger partial charge is 0.130 e. The highest BCUT2D eigenvalue weighted by Gasteiger charge is 2.15. The molecule has 0 N–H and O–H groups in total. The van der Waals surface area contributed by atoms with E-state index < -0.39 is 0 Å². The van der Waals surface area contributed by atoms with Crippen molar-refractivity contribution in [3.8, 4) is 17.0 Å². The second-order valence-electron chi connectivity index (χ2n) is 6.54. The molecule has 2 nitrogen and oxygen atoms in total. The van der Waals surface area contributed by atoms with Gasteiger partial charge >= 0.3 is 0 Å². The van der Waals surface area contributed by atoms with Gasteiger partial charge in [0, 0.05) is 23.4 Å². The van der Waals surface area contributed by atoms with Gasteiger partial charge in [0.1, 0.15) is 5.75 Å². The summed E-state index contributed by atoms with van der Waals surface area (Å²) < 4.78 is 6.04. The predicted molar refractivity (Wildman–Crippen MR) is 113 cm³/mol. The fourth-order valence-electron chi connectivity index (χ4n) is 3.52. The molecule has 0 atom stereocenters. The molecule has 0 fully saturated rings. The summed E-state index contributed by atoms with van der Waals surface area (Å²) in [6, 6.07) is 8.72. The van der Waals surface area contributed by atoms with Crippen molar-refractivity contribution >= 4 is 5.57 Å². The third-order valence-corrected chi connectivity index (χ3v) is 4.74. The molecule has 1 aromatic heterocycles. The van der Waals surface area contributed by atoms with Crippen molar-refractivity contribution in [1.29, 1.82) is 0 Å². The predicted octanol–water partition coefficient (Wildman–Crippen LogP) is 6.87. The van der Waals surface area contributed by atoms with Gasteiger partial charge in [0.05, 0.1) is 12.3 Å². The summed E-state index contributed by atoms with van der Waals surface area (Å²) in [4.78, 5) is 4.87. The summed E-state index contributed by atoms with van der Waals surface area (Å²) >= 11 is 0. The van der Waals surface area contributed by atoms with E-state index in [1.54, 1.807) is 0 Å². The summed E-state index contributed by atoms with van der Waals surface area (Å²) in [5, 5.41) is 0. The normalized spacial score (nSPS) is 11.7. The number of aryl methyl sites for hydroxylation is 2. The number of hydrogen-bond acceptors (Lipinski definition) is 2. The van der Waals surface area contributed by atoms with Crippen molar-refractivity contribution in [2.24, 2.45) is 0 Å². The summed E-state index contributed by atoms with van der Waals surface area (Å²) in [6.07, 6.45) is 9.55. The van der Waals surface area contributed by atoms with E-state index in [1.807, 2.05) is 13.1 Å². The van der Waals surface area contributed by atoms with E-state index in [0.29, 0.717) is 6.61 Å². The highest BCUT2D eigenvalue weighted by molar-refractivity contribution is 5.75. The van der Waals surface area contributed by atoms with Gasteiger partial charge in [-0.25, -0.2) is 0 Å². The third kappa shape index (κ3) is 4.55. The molecule has 0 unspecified atom stereocenters. The van der Waals surface area contributed by atoms with Gasteiger partial charge in [-0.3, -0.25) is 4.98 Å². The van der Waals surface area contributed by atoms with Gasteiger partial charge < -0.3 is 4.74 Å². The number of rotatable bonds is 9. The number of hydrogen-bond donors (Lipinski definition) is 0. The first-order valence-electron chi connectivity index (χ1n) is 10.1. The van der Waals surface area contributed by atoms with Gasteiger partial charge in [-0.1, -0.05) is 58.4 Å². The molecule has 2 heteroatoms. The molecule has 0 saturated heterocycles. The molecule has 0 saturated carbocycles. The van der Waals surface area contributed by atoms with Crippen molar-refractivity contribution in [3.05, 3.63) is 53.2 Å². The van der Waals surface area contributed by atoms with Crippen molar-refractivity contribution in [1.82, 2.24) is 4.98 Å². The van der Waals surface area contributed by atoms with Crippen LogP contribution in [0.25, 0.3) is 16.8 Å². The summed E-state index contributed by atoms with van der Waals surface area (Å²) in [5.41, 5.74) is 7.50. The molecular formula is C24H33NO. The molecule has 0 aliphatic carbocycles. The number of ether oxygens (including phenoxy) is 1. The van der Waals surface area contributed by atoms with Crippen LogP contribution in [0, 0.1) is 0 Å². The highest BCUT2D eigenvalue weighted by Crippen LogP contribution is 2.35. The molecule has 0 spiro atoms. The van der Waals surface area contributed by atoms with E-state index >= 15 is 0 Å². The SMILES string of the molecule is CC/C=C(/CCC)c1cnc(-c2c(CC)cccc2CC)cc1OCC. The van der Waals surface area contributed by atoms with Crippen LogP contribution in [-0.2, 0) is 12.8 Å². The lowest BCUT2D eigenvalue weighted by atomic mass is 9.93. The first kappa shape index (κ1) is 20.2. The molecular weight excluding hydrogens is 318 g/mol. The van der Waals surface area contributed by atoms with Crippen LogP contribution in [0.4, 0.5) is 0 Å². The number of nitrogens with zero attached hydrogens (tertiary/aromatic N) is 1. The topological polar surface area (TPSA) is 22.1 Å². The fraction of sp³-hybridized carbons (Fsp3) is 0.458. The largest absolute Gasteiger partial charge is 0.493 e. The van der Waals surface area contributed by atoms with Crippen LogP contribution in [0.3, 0.4) is 0 Å². The zero-order chi connectivity index (χ0) is 18.9. The van der Waals surface area contributed by atoms with Crippen LogP contribution in [-0.4, -0.2) is 11.6 Å². The number of allylic oxidation sites excluding steroid dienone is 2. The minimum atomic E-state index is 0.665. The quantitative estimate of drug-likeness (QED) is 0.492. The van der Waals surface area contributed by atoms with Crippen molar-refractivity contribution in [2.75, 3.05) is 6.61 Å². The molecule has 0 aliphatic rings. The Morgan fingerprint density at radius 2 is 1.73 bits per heavy atom. The van der Waals surface area contributed by atoms with Crippen LogP contribution in [0.1, 0.15) is 70.6 Å². The first-order valence-corrected chi connectivity index (χ1v) is 10.1. The van der Waals surface area contributed by atoms with E-state index in [-0.39, 0.29) is 0 Å². The van der Waals surface area contributed by atoms with Crippen molar-refractivity contribution in [3.63, 3.8) is 0 Å². The van der Waals surface area contributed by atoms with Gasteiger partial charge in [0.2, 0.25) is 0 Å². The van der Waals surface area contributed by atoms with Crippen molar-refractivity contribution in [2.45, 2.75) is 66.7 Å². The minimum absolute atomic E-state index is 0.665. The van der Waals surface area contributed by atoms with Gasteiger partial charge in [-0.2, -0.15) is 0 Å².